The van der Waals surface area contributed by atoms with Gasteiger partial charge in [0.1, 0.15) is 25.3 Å². The molecule has 49 heavy (non-hydrogen) atoms. The normalized spacial score (nSPS) is 18.8. The minimum absolute atomic E-state index is 0. The van der Waals surface area contributed by atoms with Crippen LogP contribution in [0.3, 0.4) is 0 Å². The van der Waals surface area contributed by atoms with E-state index in [4.69, 9.17) is 5.73 Å². The van der Waals surface area contributed by atoms with Crippen molar-refractivity contribution in [1.29, 1.82) is 0 Å². The third-order valence-electron chi connectivity index (χ3n) is 9.74. The molecule has 2 saturated heterocycles. The average Bonchev–Trinajstić information content (AvgIpc) is 3.23. The minimum atomic E-state index is -5.23. The number of hydrogen-bond donors (Lipinski definition) is 1. The van der Waals surface area contributed by atoms with Crippen LogP contribution in [0.25, 0.3) is 0 Å². The molecule has 264 valence electrons. The Kier molecular flexibility index (Phi) is 20.4. The van der Waals surface area contributed by atoms with E-state index in [-0.39, 0.29) is 101 Å². The molecule has 2 fully saturated rings. The van der Waals surface area contributed by atoms with Gasteiger partial charge in [-0.1, -0.05) is 65.0 Å². The van der Waals surface area contributed by atoms with E-state index in [2.05, 4.69) is 16.3 Å². The molecule has 3 rings (SSSR count). The topological polar surface area (TPSA) is 176 Å². The van der Waals surface area contributed by atoms with Gasteiger partial charge in [0.25, 0.3) is 0 Å². The van der Waals surface area contributed by atoms with Crippen LogP contribution >= 0.6 is 7.82 Å². The Morgan fingerprint density at radius 2 is 1.53 bits per heavy atom. The number of phosphoric acid groups is 1. The second kappa shape index (κ2) is 21.7. The number of nitrogens with two attached hydrogens (primary N) is 1. The number of amides is 3. The Morgan fingerprint density at radius 3 is 2.06 bits per heavy atom. The first-order valence-electron chi connectivity index (χ1n) is 17.2. The first-order chi connectivity index (χ1) is 22.2. The van der Waals surface area contributed by atoms with Crippen LogP contribution in [0.1, 0.15) is 110 Å². The molecule has 0 saturated carbocycles. The quantitative estimate of drug-likeness (QED) is 0.0905. The summed E-state index contributed by atoms with van der Waals surface area (Å²) in [6, 6.07) is 4.37. The number of carbonyl (C=O) groups excluding carboxylic acids is 4. The summed E-state index contributed by atoms with van der Waals surface area (Å²) < 4.78 is 15.6. The SMILES string of the molecule is CCCCCC(=O)N1C(Cc2ccc(OP(=O)([O-])[O-])cc2)C(=O)N(C(C(=O)CCCCCCC(N)=O)C(C)CC)C12CCN(C)CC2.[Na+].[Na+]. The number of carbonyl (C=O) groups is 4. The van der Waals surface area contributed by atoms with Gasteiger partial charge in [-0.2, -0.15) is 0 Å². The molecule has 3 atom stereocenters. The molecule has 3 amide bonds. The smallest absolute Gasteiger partial charge is 0.780 e. The molecule has 12 nitrogen and oxygen atoms in total. The van der Waals surface area contributed by atoms with Crippen molar-refractivity contribution in [3.63, 3.8) is 0 Å². The fourth-order valence-electron chi connectivity index (χ4n) is 7.05. The molecular formula is C34H53N4Na2O8P. The van der Waals surface area contributed by atoms with Gasteiger partial charge in [0.05, 0.1) is 6.04 Å². The van der Waals surface area contributed by atoms with Gasteiger partial charge in [0.2, 0.25) is 17.7 Å². The molecule has 2 aliphatic heterocycles. The van der Waals surface area contributed by atoms with Gasteiger partial charge in [-0.15, -0.1) is 0 Å². The number of unbranched alkanes of at least 4 members (excludes halogenated alkanes) is 5. The number of phosphoric ester groups is 1. The van der Waals surface area contributed by atoms with Gasteiger partial charge in [-0.25, -0.2) is 0 Å². The van der Waals surface area contributed by atoms with Crippen molar-refractivity contribution < 1.29 is 97.2 Å². The van der Waals surface area contributed by atoms with Crippen LogP contribution in [0.5, 0.6) is 5.75 Å². The first kappa shape index (κ1) is 46.2. The number of hydrogen-bond acceptors (Lipinski definition) is 9. The summed E-state index contributed by atoms with van der Waals surface area (Å²) in [5, 5.41) is 0. The molecular weight excluding hydrogens is 669 g/mol. The molecule has 0 bridgehead atoms. The van der Waals surface area contributed by atoms with Gasteiger partial charge in [0.15, 0.2) is 5.78 Å². The van der Waals surface area contributed by atoms with Gasteiger partial charge >= 0.3 is 59.1 Å². The van der Waals surface area contributed by atoms with E-state index in [0.29, 0.717) is 76.4 Å². The van der Waals surface area contributed by atoms with Crippen molar-refractivity contribution in [3.8, 4) is 5.75 Å². The second-order valence-electron chi connectivity index (χ2n) is 13.3. The Hall–Kier alpha value is -0.790. The van der Waals surface area contributed by atoms with Crippen molar-refractivity contribution in [2.45, 2.75) is 128 Å². The van der Waals surface area contributed by atoms with Gasteiger partial charge in [-0.05, 0) is 49.9 Å². The number of likely N-dealkylation sites (tertiary alicyclic amines) is 1. The molecule has 2 heterocycles. The van der Waals surface area contributed by atoms with Crippen molar-refractivity contribution in [2.24, 2.45) is 11.7 Å². The molecule has 2 N–H and O–H groups in total. The maximum atomic E-state index is 14.8. The molecule has 2 aliphatic rings. The number of benzene rings is 1. The Bertz CT molecular complexity index is 1270. The number of rotatable bonds is 19. The number of primary amides is 1. The molecule has 0 aliphatic carbocycles. The van der Waals surface area contributed by atoms with Crippen LogP contribution in [-0.4, -0.2) is 76.1 Å². The first-order valence-corrected chi connectivity index (χ1v) is 18.7. The van der Waals surface area contributed by atoms with E-state index >= 15 is 0 Å². The zero-order valence-corrected chi connectivity index (χ0v) is 35.4. The number of nitrogens with zero attached hydrogens (tertiary/aromatic N) is 3. The van der Waals surface area contributed by atoms with Crippen LogP contribution in [-0.2, 0) is 30.2 Å². The van der Waals surface area contributed by atoms with E-state index in [1.54, 1.807) is 21.9 Å². The Labute approximate surface area is 336 Å². The largest absolute Gasteiger partial charge is 1.00 e. The fourth-order valence-corrected chi connectivity index (χ4v) is 7.43. The summed E-state index contributed by atoms with van der Waals surface area (Å²) >= 11 is 0. The van der Waals surface area contributed by atoms with Crippen LogP contribution in [0.15, 0.2) is 24.3 Å². The fraction of sp³-hybridized carbons (Fsp3) is 0.706. The van der Waals surface area contributed by atoms with Crippen molar-refractivity contribution in [2.75, 3.05) is 20.1 Å². The van der Waals surface area contributed by atoms with Crippen molar-refractivity contribution in [3.05, 3.63) is 29.8 Å². The van der Waals surface area contributed by atoms with Crippen LogP contribution in [0.4, 0.5) is 0 Å². The molecule has 0 aromatic heterocycles. The second-order valence-corrected chi connectivity index (χ2v) is 14.4. The maximum absolute atomic E-state index is 14.8. The van der Waals surface area contributed by atoms with E-state index in [0.717, 1.165) is 25.7 Å². The number of Topliss-reactive ketones (excluding diaryl/α,β-unsaturated/α-hetero) is 1. The summed E-state index contributed by atoms with van der Waals surface area (Å²) in [6.07, 6.45) is 8.20. The van der Waals surface area contributed by atoms with E-state index < -0.39 is 25.6 Å². The van der Waals surface area contributed by atoms with Gasteiger partial charge in [0, 0.05) is 51.6 Å². The summed E-state index contributed by atoms with van der Waals surface area (Å²) in [6.45, 7) is 7.39. The van der Waals surface area contributed by atoms with Crippen molar-refractivity contribution in [1.82, 2.24) is 14.7 Å². The molecule has 1 aromatic carbocycles. The van der Waals surface area contributed by atoms with Gasteiger partial charge < -0.3 is 39.3 Å². The predicted molar refractivity (Wildman–Crippen MR) is 175 cm³/mol. The van der Waals surface area contributed by atoms with Crippen LogP contribution in [0, 0.1) is 5.92 Å². The third-order valence-corrected chi connectivity index (χ3v) is 10.2. The maximum Gasteiger partial charge on any atom is 1.00 e. The van der Waals surface area contributed by atoms with E-state index in [1.807, 2.05) is 20.9 Å². The minimum Gasteiger partial charge on any atom is -0.780 e. The van der Waals surface area contributed by atoms with Gasteiger partial charge in [-0.3, -0.25) is 19.2 Å². The summed E-state index contributed by atoms with van der Waals surface area (Å²) in [5.74, 6) is -0.967. The molecule has 3 unspecified atom stereocenters. The van der Waals surface area contributed by atoms with Crippen LogP contribution < -0.4 is 79.2 Å². The van der Waals surface area contributed by atoms with E-state index in [1.165, 1.54) is 12.1 Å². The average molecular weight is 723 g/mol. The van der Waals surface area contributed by atoms with Crippen molar-refractivity contribution >= 4 is 31.3 Å². The number of piperidine rings is 1. The van der Waals surface area contributed by atoms with E-state index in [9.17, 15) is 33.5 Å². The summed E-state index contributed by atoms with van der Waals surface area (Å²) in [5.41, 5.74) is 4.97. The molecule has 1 aromatic rings. The standard InChI is InChI=1S/C34H55N4O8P.2Na/c1-5-7-10-15-31(41)37-28(24-26-16-18-27(19-17-26)46-47(43,44)45)33(42)38(34(37)20-22-36(4)23-21-34)32(25(3)6-2)29(39)13-11-8-9-12-14-30(35)40;;/h16-19,25,28,32H,5-15,20-24H2,1-4H3,(H2,35,40)(H2,43,44,45);;/q;2*+1/p-2. The molecule has 15 heteroatoms. The molecule has 1 spiro atoms. The summed E-state index contributed by atoms with van der Waals surface area (Å²) in [4.78, 5) is 82.2. The zero-order valence-electron chi connectivity index (χ0n) is 30.5. The zero-order chi connectivity index (χ0) is 34.8. The third kappa shape index (κ3) is 13.0. The molecule has 0 radical (unpaired) electrons. The Morgan fingerprint density at radius 1 is 0.959 bits per heavy atom. The number of ketones is 1. The van der Waals surface area contributed by atoms with Crippen LogP contribution in [0.2, 0.25) is 0 Å². The predicted octanol–water partition coefficient (Wildman–Crippen LogP) is -2.70. The monoisotopic (exact) mass is 722 g/mol. The summed E-state index contributed by atoms with van der Waals surface area (Å²) in [7, 11) is -3.22. The Balaban J connectivity index is 0.00000600.